The van der Waals surface area contributed by atoms with Crippen LogP contribution in [0.3, 0.4) is 0 Å². The van der Waals surface area contributed by atoms with Gasteiger partial charge < -0.3 is 10.8 Å². The van der Waals surface area contributed by atoms with E-state index in [9.17, 15) is 4.39 Å². The second kappa shape index (κ2) is 4.77. The smallest absolute Gasteiger partial charge is 0.131 e. The molecule has 0 aliphatic heterocycles. The second-order valence-electron chi connectivity index (χ2n) is 3.18. The summed E-state index contributed by atoms with van der Waals surface area (Å²) in [6.45, 7) is 3.57. The van der Waals surface area contributed by atoms with Crippen molar-refractivity contribution < 1.29 is 9.50 Å². The predicted octanol–water partition coefficient (Wildman–Crippen LogP) is 2.50. The standard InChI is InChI=1S/C11H14FNO/c1-2-3-4-11(13)9-6-5-8(14)7-10(9)12/h2,5-7,11,14H,1,3-4,13H2/t11-/m1/s1. The quantitative estimate of drug-likeness (QED) is 0.725. The molecule has 0 amide bonds. The highest BCUT2D eigenvalue weighted by Gasteiger charge is 2.10. The summed E-state index contributed by atoms with van der Waals surface area (Å²) in [6, 6.07) is 3.68. The number of phenolic OH excluding ortho intramolecular Hbond substituents is 1. The van der Waals surface area contributed by atoms with Crippen LogP contribution in [0.15, 0.2) is 30.9 Å². The minimum absolute atomic E-state index is 0.0813. The van der Waals surface area contributed by atoms with Gasteiger partial charge in [0.25, 0.3) is 0 Å². The fourth-order valence-corrected chi connectivity index (χ4v) is 1.27. The molecule has 0 aromatic heterocycles. The van der Waals surface area contributed by atoms with Gasteiger partial charge in [0.1, 0.15) is 11.6 Å². The Morgan fingerprint density at radius 2 is 2.29 bits per heavy atom. The highest BCUT2D eigenvalue weighted by molar-refractivity contribution is 5.29. The van der Waals surface area contributed by atoms with Crippen LogP contribution in [0, 0.1) is 5.82 Å². The van der Waals surface area contributed by atoms with Crippen molar-refractivity contribution in [2.45, 2.75) is 18.9 Å². The first-order valence-electron chi connectivity index (χ1n) is 4.50. The molecule has 1 rings (SSSR count). The Morgan fingerprint density at radius 3 is 2.86 bits per heavy atom. The lowest BCUT2D eigenvalue weighted by molar-refractivity contribution is 0.465. The van der Waals surface area contributed by atoms with Crippen molar-refractivity contribution in [2.24, 2.45) is 5.73 Å². The Kier molecular flexibility index (Phi) is 3.65. The van der Waals surface area contributed by atoms with Crippen LogP contribution in [-0.4, -0.2) is 5.11 Å². The zero-order chi connectivity index (χ0) is 10.6. The van der Waals surface area contributed by atoms with Gasteiger partial charge in [-0.3, -0.25) is 0 Å². The van der Waals surface area contributed by atoms with Gasteiger partial charge >= 0.3 is 0 Å². The van der Waals surface area contributed by atoms with Crippen LogP contribution < -0.4 is 5.73 Å². The third kappa shape index (κ3) is 2.57. The van der Waals surface area contributed by atoms with E-state index < -0.39 is 5.82 Å². The number of benzene rings is 1. The van der Waals surface area contributed by atoms with Crippen molar-refractivity contribution >= 4 is 0 Å². The number of halogens is 1. The third-order valence-corrected chi connectivity index (χ3v) is 2.07. The van der Waals surface area contributed by atoms with E-state index in [4.69, 9.17) is 10.8 Å². The van der Waals surface area contributed by atoms with Gasteiger partial charge in [0.15, 0.2) is 0 Å². The molecule has 0 aliphatic rings. The zero-order valence-corrected chi connectivity index (χ0v) is 7.91. The molecular weight excluding hydrogens is 181 g/mol. The number of hydrogen-bond donors (Lipinski definition) is 2. The molecule has 0 radical (unpaired) electrons. The lowest BCUT2D eigenvalue weighted by atomic mass is 10.0. The molecule has 3 heteroatoms. The minimum atomic E-state index is -0.457. The van der Waals surface area contributed by atoms with E-state index in [0.29, 0.717) is 12.0 Å². The largest absolute Gasteiger partial charge is 0.508 e. The molecule has 0 bridgehead atoms. The number of nitrogens with two attached hydrogens (primary N) is 1. The Hall–Kier alpha value is -1.35. The topological polar surface area (TPSA) is 46.2 Å². The molecule has 0 unspecified atom stereocenters. The third-order valence-electron chi connectivity index (χ3n) is 2.07. The molecule has 76 valence electrons. The van der Waals surface area contributed by atoms with Crippen LogP contribution in [0.1, 0.15) is 24.4 Å². The van der Waals surface area contributed by atoms with Gasteiger partial charge in [-0.2, -0.15) is 0 Å². The highest BCUT2D eigenvalue weighted by atomic mass is 19.1. The molecule has 0 spiro atoms. The van der Waals surface area contributed by atoms with Crippen LogP contribution in [0.25, 0.3) is 0 Å². The van der Waals surface area contributed by atoms with Crippen molar-refractivity contribution in [3.05, 3.63) is 42.2 Å². The average Bonchev–Trinajstić information content (AvgIpc) is 2.14. The van der Waals surface area contributed by atoms with E-state index in [1.165, 1.54) is 12.1 Å². The fraction of sp³-hybridized carbons (Fsp3) is 0.273. The molecule has 3 N–H and O–H groups in total. The monoisotopic (exact) mass is 195 g/mol. The van der Waals surface area contributed by atoms with Gasteiger partial charge in [-0.25, -0.2) is 4.39 Å². The van der Waals surface area contributed by atoms with Gasteiger partial charge in [0.05, 0.1) is 0 Å². The Morgan fingerprint density at radius 1 is 1.57 bits per heavy atom. The molecule has 0 fully saturated rings. The average molecular weight is 195 g/mol. The van der Waals surface area contributed by atoms with Crippen molar-refractivity contribution in [1.29, 1.82) is 0 Å². The molecule has 0 heterocycles. The zero-order valence-electron chi connectivity index (χ0n) is 7.91. The fourth-order valence-electron chi connectivity index (χ4n) is 1.27. The van der Waals surface area contributed by atoms with E-state index in [2.05, 4.69) is 6.58 Å². The summed E-state index contributed by atoms with van der Waals surface area (Å²) < 4.78 is 13.3. The van der Waals surface area contributed by atoms with E-state index in [1.54, 1.807) is 6.08 Å². The van der Waals surface area contributed by atoms with Crippen molar-refractivity contribution in [3.8, 4) is 5.75 Å². The van der Waals surface area contributed by atoms with E-state index in [0.717, 1.165) is 12.5 Å². The van der Waals surface area contributed by atoms with Crippen molar-refractivity contribution in [2.75, 3.05) is 0 Å². The maximum absolute atomic E-state index is 13.3. The van der Waals surface area contributed by atoms with Crippen LogP contribution in [0.5, 0.6) is 5.75 Å². The summed E-state index contributed by atoms with van der Waals surface area (Å²) in [5.74, 6) is -0.538. The van der Waals surface area contributed by atoms with Crippen LogP contribution in [-0.2, 0) is 0 Å². The van der Waals surface area contributed by atoms with E-state index >= 15 is 0 Å². The Bertz CT molecular complexity index is 325. The lowest BCUT2D eigenvalue weighted by Crippen LogP contribution is -2.11. The lowest BCUT2D eigenvalue weighted by Gasteiger charge is -2.11. The predicted molar refractivity (Wildman–Crippen MR) is 54.4 cm³/mol. The summed E-state index contributed by atoms with van der Waals surface area (Å²) in [5.41, 5.74) is 6.20. The first-order valence-corrected chi connectivity index (χ1v) is 4.50. The van der Waals surface area contributed by atoms with Gasteiger partial charge in [0, 0.05) is 17.7 Å². The molecule has 1 aromatic carbocycles. The molecular formula is C11H14FNO. The van der Waals surface area contributed by atoms with Crippen LogP contribution >= 0.6 is 0 Å². The molecule has 0 saturated heterocycles. The van der Waals surface area contributed by atoms with E-state index in [1.807, 2.05) is 0 Å². The normalized spacial score (nSPS) is 12.4. The SMILES string of the molecule is C=CCC[C@@H](N)c1ccc(O)cc1F. The first kappa shape index (κ1) is 10.7. The highest BCUT2D eigenvalue weighted by Crippen LogP contribution is 2.22. The molecule has 0 aliphatic carbocycles. The number of hydrogen-bond acceptors (Lipinski definition) is 2. The molecule has 0 saturated carbocycles. The maximum atomic E-state index is 13.3. The summed E-state index contributed by atoms with van der Waals surface area (Å²) >= 11 is 0. The maximum Gasteiger partial charge on any atom is 0.131 e. The van der Waals surface area contributed by atoms with Gasteiger partial charge in [-0.1, -0.05) is 12.1 Å². The van der Waals surface area contributed by atoms with Crippen LogP contribution in [0.4, 0.5) is 4.39 Å². The van der Waals surface area contributed by atoms with Crippen LogP contribution in [0.2, 0.25) is 0 Å². The number of rotatable bonds is 4. The number of allylic oxidation sites excluding steroid dienone is 1. The Balaban J connectivity index is 2.78. The summed E-state index contributed by atoms with van der Waals surface area (Å²) in [4.78, 5) is 0. The molecule has 1 aromatic rings. The van der Waals surface area contributed by atoms with Gasteiger partial charge in [-0.05, 0) is 18.9 Å². The van der Waals surface area contributed by atoms with Crippen molar-refractivity contribution in [3.63, 3.8) is 0 Å². The molecule has 2 nitrogen and oxygen atoms in total. The van der Waals surface area contributed by atoms with Gasteiger partial charge in [0.2, 0.25) is 0 Å². The number of phenols is 1. The minimum Gasteiger partial charge on any atom is -0.508 e. The summed E-state index contributed by atoms with van der Waals surface area (Å²) in [6.07, 6.45) is 3.16. The second-order valence-corrected chi connectivity index (χ2v) is 3.18. The summed E-state index contributed by atoms with van der Waals surface area (Å²) in [5, 5.41) is 9.00. The molecule has 14 heavy (non-hydrogen) atoms. The van der Waals surface area contributed by atoms with Crippen molar-refractivity contribution in [1.82, 2.24) is 0 Å². The van der Waals surface area contributed by atoms with E-state index in [-0.39, 0.29) is 11.8 Å². The Labute approximate surface area is 82.9 Å². The molecule has 1 atom stereocenters. The summed E-state index contributed by atoms with van der Waals surface area (Å²) in [7, 11) is 0. The number of aromatic hydroxyl groups is 1. The van der Waals surface area contributed by atoms with Gasteiger partial charge in [-0.15, -0.1) is 6.58 Å². The first-order chi connectivity index (χ1) is 6.65.